The van der Waals surface area contributed by atoms with Crippen LogP contribution in [0.2, 0.25) is 5.02 Å². The highest BCUT2D eigenvalue weighted by atomic mass is 35.5. The third-order valence-electron chi connectivity index (χ3n) is 2.69. The van der Waals surface area contributed by atoms with Crippen LogP contribution >= 0.6 is 11.6 Å². The third kappa shape index (κ3) is 2.73. The predicted octanol–water partition coefficient (Wildman–Crippen LogP) is 2.45. The predicted molar refractivity (Wildman–Crippen MR) is 69.4 cm³/mol. The van der Waals surface area contributed by atoms with E-state index in [1.54, 1.807) is 6.20 Å². The highest BCUT2D eigenvalue weighted by Crippen LogP contribution is 2.20. The van der Waals surface area contributed by atoms with Gasteiger partial charge in [0.05, 0.1) is 29.2 Å². The van der Waals surface area contributed by atoms with Crippen molar-refractivity contribution in [2.45, 2.75) is 40.4 Å². The summed E-state index contributed by atoms with van der Waals surface area (Å²) in [6, 6.07) is 0. The van der Waals surface area contributed by atoms with Crippen LogP contribution in [0.25, 0.3) is 0 Å². The zero-order valence-electron chi connectivity index (χ0n) is 10.8. The molecule has 18 heavy (non-hydrogen) atoms. The Labute approximate surface area is 111 Å². The molecular formula is C12H17ClN4O. The zero-order chi connectivity index (χ0) is 13.1. The van der Waals surface area contributed by atoms with Gasteiger partial charge in [0, 0.05) is 13.1 Å². The maximum Gasteiger partial charge on any atom is 0.208 e. The van der Waals surface area contributed by atoms with Crippen molar-refractivity contribution in [3.8, 4) is 0 Å². The molecule has 0 aromatic carbocycles. The molecule has 0 bridgehead atoms. The van der Waals surface area contributed by atoms with Crippen molar-refractivity contribution in [3.63, 3.8) is 0 Å². The number of hydrogen-bond donors (Lipinski definition) is 1. The van der Waals surface area contributed by atoms with Gasteiger partial charge in [-0.15, -0.1) is 0 Å². The van der Waals surface area contributed by atoms with Gasteiger partial charge in [-0.2, -0.15) is 5.10 Å². The lowest BCUT2D eigenvalue weighted by Gasteiger charge is -2.05. The van der Waals surface area contributed by atoms with Gasteiger partial charge in [0.15, 0.2) is 0 Å². The number of nitrogens with zero attached hydrogens (tertiary/aromatic N) is 3. The molecule has 98 valence electrons. The number of nitrogens with one attached hydrogen (secondary N) is 1. The summed E-state index contributed by atoms with van der Waals surface area (Å²) in [5.74, 6) is 1.50. The van der Waals surface area contributed by atoms with Crippen LogP contribution in [-0.4, -0.2) is 14.8 Å². The Morgan fingerprint density at radius 2 is 2.17 bits per heavy atom. The molecule has 5 nitrogen and oxygen atoms in total. The summed E-state index contributed by atoms with van der Waals surface area (Å²) in [5, 5.41) is 8.35. The number of aromatic nitrogens is 3. The van der Waals surface area contributed by atoms with Gasteiger partial charge in [-0.1, -0.05) is 11.6 Å². The molecular weight excluding hydrogens is 252 g/mol. The Balaban J connectivity index is 1.98. The minimum Gasteiger partial charge on any atom is -0.445 e. The molecule has 0 unspecified atom stereocenters. The van der Waals surface area contributed by atoms with E-state index < -0.39 is 0 Å². The summed E-state index contributed by atoms with van der Waals surface area (Å²) < 4.78 is 7.29. The van der Waals surface area contributed by atoms with Gasteiger partial charge in [-0.3, -0.25) is 4.68 Å². The molecule has 0 radical (unpaired) electrons. The molecule has 1 N–H and O–H groups in total. The van der Waals surface area contributed by atoms with Crippen molar-refractivity contribution >= 4 is 11.6 Å². The number of aryl methyl sites for hydroxylation is 3. The standard InChI is InChI=1S/C12H17ClN4O/c1-4-17-10(12(13)9(3)16-17)6-14-7-11-15-5-8(2)18-11/h5,14H,4,6-7H2,1-3H3. The first-order valence-corrected chi connectivity index (χ1v) is 6.33. The number of hydrogen-bond acceptors (Lipinski definition) is 4. The quantitative estimate of drug-likeness (QED) is 0.905. The fraction of sp³-hybridized carbons (Fsp3) is 0.500. The Kier molecular flexibility index (Phi) is 4.04. The van der Waals surface area contributed by atoms with Crippen LogP contribution in [0.5, 0.6) is 0 Å². The van der Waals surface area contributed by atoms with Crippen molar-refractivity contribution in [1.29, 1.82) is 0 Å². The molecule has 2 aromatic rings. The lowest BCUT2D eigenvalue weighted by molar-refractivity contribution is 0.445. The molecule has 0 aliphatic heterocycles. The summed E-state index contributed by atoms with van der Waals surface area (Å²) in [6.07, 6.45) is 1.71. The van der Waals surface area contributed by atoms with E-state index in [0.717, 1.165) is 28.7 Å². The van der Waals surface area contributed by atoms with Crippen molar-refractivity contribution in [1.82, 2.24) is 20.1 Å². The maximum atomic E-state index is 6.22. The van der Waals surface area contributed by atoms with Gasteiger partial charge in [0.25, 0.3) is 0 Å². The summed E-state index contributed by atoms with van der Waals surface area (Å²) in [6.45, 7) is 7.87. The van der Waals surface area contributed by atoms with Crippen molar-refractivity contribution in [2.24, 2.45) is 0 Å². The van der Waals surface area contributed by atoms with Gasteiger partial charge >= 0.3 is 0 Å². The van der Waals surface area contributed by atoms with Gasteiger partial charge in [-0.05, 0) is 20.8 Å². The van der Waals surface area contributed by atoms with Crippen molar-refractivity contribution < 1.29 is 4.42 Å². The smallest absolute Gasteiger partial charge is 0.208 e. The van der Waals surface area contributed by atoms with Crippen LogP contribution in [0.3, 0.4) is 0 Å². The molecule has 0 aliphatic rings. The first kappa shape index (κ1) is 13.1. The SMILES string of the molecule is CCn1nc(C)c(Cl)c1CNCc1ncc(C)o1. The molecule has 0 saturated heterocycles. The number of oxazole rings is 1. The maximum absolute atomic E-state index is 6.22. The lowest BCUT2D eigenvalue weighted by Crippen LogP contribution is -2.16. The van der Waals surface area contributed by atoms with Gasteiger partial charge in [-0.25, -0.2) is 4.98 Å². The monoisotopic (exact) mass is 268 g/mol. The van der Waals surface area contributed by atoms with E-state index >= 15 is 0 Å². The molecule has 2 heterocycles. The van der Waals surface area contributed by atoms with Crippen molar-refractivity contribution in [2.75, 3.05) is 0 Å². The van der Waals surface area contributed by atoms with Crippen molar-refractivity contribution in [3.05, 3.63) is 34.3 Å². The first-order chi connectivity index (χ1) is 8.61. The summed E-state index contributed by atoms with van der Waals surface area (Å²) >= 11 is 6.22. The van der Waals surface area contributed by atoms with E-state index in [-0.39, 0.29) is 0 Å². The molecule has 0 atom stereocenters. The molecule has 0 aliphatic carbocycles. The average Bonchev–Trinajstić information content (AvgIpc) is 2.87. The molecule has 2 rings (SSSR count). The van der Waals surface area contributed by atoms with Gasteiger partial charge in [0.2, 0.25) is 5.89 Å². The highest BCUT2D eigenvalue weighted by molar-refractivity contribution is 6.31. The Bertz CT molecular complexity index is 532. The molecule has 2 aromatic heterocycles. The fourth-order valence-corrected chi connectivity index (χ4v) is 2.01. The van der Waals surface area contributed by atoms with Gasteiger partial charge in [0.1, 0.15) is 5.76 Å². The van der Waals surface area contributed by atoms with E-state index in [2.05, 4.69) is 15.4 Å². The van der Waals surface area contributed by atoms with Gasteiger partial charge < -0.3 is 9.73 Å². The molecule has 0 saturated carbocycles. The fourth-order valence-electron chi connectivity index (χ4n) is 1.81. The van der Waals surface area contributed by atoms with E-state index in [1.165, 1.54) is 0 Å². The van der Waals surface area contributed by atoms with E-state index in [9.17, 15) is 0 Å². The molecule has 0 spiro atoms. The average molecular weight is 269 g/mol. The largest absolute Gasteiger partial charge is 0.445 e. The topological polar surface area (TPSA) is 55.9 Å². The summed E-state index contributed by atoms with van der Waals surface area (Å²) in [4.78, 5) is 4.13. The van der Waals surface area contributed by atoms with Crippen LogP contribution in [0.15, 0.2) is 10.6 Å². The molecule has 0 amide bonds. The highest BCUT2D eigenvalue weighted by Gasteiger charge is 2.12. The second kappa shape index (κ2) is 5.54. The molecule has 6 heteroatoms. The number of halogens is 1. The Morgan fingerprint density at radius 1 is 1.39 bits per heavy atom. The van der Waals surface area contributed by atoms with Crippen LogP contribution in [0.1, 0.15) is 30.0 Å². The summed E-state index contributed by atoms with van der Waals surface area (Å²) in [7, 11) is 0. The minimum atomic E-state index is 0.581. The molecule has 0 fully saturated rings. The zero-order valence-corrected chi connectivity index (χ0v) is 11.6. The van der Waals surface area contributed by atoms with E-state index in [1.807, 2.05) is 25.5 Å². The van der Waals surface area contributed by atoms with Crippen LogP contribution in [0, 0.1) is 13.8 Å². The third-order valence-corrected chi connectivity index (χ3v) is 3.18. The Morgan fingerprint density at radius 3 is 2.78 bits per heavy atom. The second-order valence-corrected chi connectivity index (χ2v) is 4.51. The normalized spacial score (nSPS) is 11.1. The summed E-state index contributed by atoms with van der Waals surface area (Å²) in [5.41, 5.74) is 1.86. The number of rotatable bonds is 5. The first-order valence-electron chi connectivity index (χ1n) is 5.95. The van der Waals surface area contributed by atoms with E-state index in [0.29, 0.717) is 19.0 Å². The van der Waals surface area contributed by atoms with E-state index in [4.69, 9.17) is 16.0 Å². The lowest BCUT2D eigenvalue weighted by atomic mass is 10.3. The van der Waals surface area contributed by atoms with Crippen LogP contribution < -0.4 is 5.32 Å². The second-order valence-electron chi connectivity index (χ2n) is 4.13. The minimum absolute atomic E-state index is 0.581. The van der Waals surface area contributed by atoms with Crippen LogP contribution in [-0.2, 0) is 19.6 Å². The van der Waals surface area contributed by atoms with Crippen LogP contribution in [0.4, 0.5) is 0 Å². The Hall–Kier alpha value is -1.33.